The molecule has 0 bridgehead atoms. The lowest BCUT2D eigenvalue weighted by molar-refractivity contribution is -0.138. The van der Waals surface area contributed by atoms with Gasteiger partial charge in [-0.2, -0.15) is 4.98 Å². The van der Waals surface area contributed by atoms with Crippen molar-refractivity contribution >= 4 is 17.0 Å². The van der Waals surface area contributed by atoms with Crippen LogP contribution < -0.4 is 22.7 Å². The zero-order chi connectivity index (χ0) is 27.9. The van der Waals surface area contributed by atoms with E-state index in [-0.39, 0.29) is 18.1 Å². The van der Waals surface area contributed by atoms with E-state index in [1.807, 2.05) is 13.8 Å². The summed E-state index contributed by atoms with van der Waals surface area (Å²) in [7, 11) is 0. The lowest BCUT2D eigenvalue weighted by Crippen LogP contribution is -2.42. The van der Waals surface area contributed by atoms with E-state index in [2.05, 4.69) is 15.0 Å². The number of carbonyl (C=O) groups is 1. The van der Waals surface area contributed by atoms with Crippen molar-refractivity contribution in [2.45, 2.75) is 64.0 Å². The zero-order valence-corrected chi connectivity index (χ0v) is 20.7. The molecule has 37 heavy (non-hydrogen) atoms. The van der Waals surface area contributed by atoms with Crippen LogP contribution in [0.4, 0.5) is 0 Å². The van der Waals surface area contributed by atoms with E-state index in [9.17, 15) is 29.7 Å². The van der Waals surface area contributed by atoms with E-state index in [0.717, 1.165) is 24.0 Å². The topological polar surface area (TPSA) is 251 Å². The van der Waals surface area contributed by atoms with Crippen molar-refractivity contribution in [1.82, 2.24) is 19.5 Å². The van der Waals surface area contributed by atoms with Crippen LogP contribution in [0.2, 0.25) is 0 Å². The second-order valence-electron chi connectivity index (χ2n) is 8.73. The molecule has 0 fully saturated rings. The van der Waals surface area contributed by atoms with Gasteiger partial charge in [0, 0.05) is 0 Å². The van der Waals surface area contributed by atoms with Crippen LogP contribution in [0.1, 0.15) is 30.4 Å². The Hall–Kier alpha value is -3.27. The number of aliphatic hydroxyl groups is 4. The molecular weight excluding hydrogens is 488 g/mol. The number of aromatic amines is 1. The average Bonchev–Trinajstić information content (AvgIpc) is 2.85. The Kier molecular flexibility index (Phi) is 10.8. The number of aromatic nitrogens is 4. The number of rotatable bonds is 10. The smallest absolute Gasteiger partial charge is 0.349 e. The van der Waals surface area contributed by atoms with Crippen LogP contribution in [0.5, 0.6) is 0 Å². The Morgan fingerprint density at radius 3 is 2.32 bits per heavy atom. The zero-order valence-electron chi connectivity index (χ0n) is 20.7. The number of H-pyrrole nitrogens is 1. The van der Waals surface area contributed by atoms with Crippen LogP contribution in [0.25, 0.3) is 22.6 Å². The summed E-state index contributed by atoms with van der Waals surface area (Å²) >= 11 is 0. The summed E-state index contributed by atoms with van der Waals surface area (Å²) in [6, 6.07) is 2.81. The quantitative estimate of drug-likeness (QED) is 0.104. The number of aliphatic carboxylic acids is 1. The van der Waals surface area contributed by atoms with Gasteiger partial charge in [-0.25, -0.2) is 9.78 Å². The minimum atomic E-state index is -1.64. The first kappa shape index (κ1) is 30.0. The third-order valence-electron chi connectivity index (χ3n) is 5.86. The minimum Gasteiger partial charge on any atom is -0.480 e. The molecule has 1 aromatic carbocycles. The number of carboxylic acids is 1. The molecule has 2 aliphatic heterocycles. The first-order valence-corrected chi connectivity index (χ1v) is 11.7. The maximum atomic E-state index is 12.2. The van der Waals surface area contributed by atoms with Gasteiger partial charge in [0.05, 0.1) is 24.2 Å². The molecule has 0 amide bonds. The van der Waals surface area contributed by atoms with Crippen molar-refractivity contribution < 1.29 is 30.3 Å². The normalized spacial score (nSPS) is 14.6. The molecule has 10 N–H and O–H groups in total. The van der Waals surface area contributed by atoms with E-state index in [4.69, 9.17) is 21.7 Å². The summed E-state index contributed by atoms with van der Waals surface area (Å²) in [6.07, 6.45) is -2.52. The van der Waals surface area contributed by atoms with Crippen molar-refractivity contribution in [3.05, 3.63) is 44.1 Å². The predicted molar refractivity (Wildman–Crippen MR) is 134 cm³/mol. The lowest BCUT2D eigenvalue weighted by Gasteiger charge is -2.25. The monoisotopic (exact) mass is 522 g/mol. The Morgan fingerprint density at radius 1 is 1.08 bits per heavy atom. The van der Waals surface area contributed by atoms with Gasteiger partial charge in [-0.15, -0.1) is 0 Å². The fourth-order valence-corrected chi connectivity index (χ4v) is 3.53. The van der Waals surface area contributed by atoms with Crippen molar-refractivity contribution in [3.63, 3.8) is 0 Å². The standard InChI is InChI=1S/C17H20N4O6.C6H14N2O2/c1-7-3-9-10(4-8(7)2)21(5-11(23)14(25)12(24)6-22)15-13(18-9)16(26)20-17(27)19-15;7-4-2-1-3-5(8)6(9)10/h3-4,11-12,14,22-25H,5-6H2,1-2H3,(H,20,26,27);5H,1-4,7-8H2,(H,9,10)/t11-,12+,14-;/m0./s1. The number of nitrogens with zero attached hydrogens (tertiary/aromatic N) is 3. The van der Waals surface area contributed by atoms with Gasteiger partial charge in [-0.3, -0.25) is 14.6 Å². The highest BCUT2D eigenvalue weighted by Gasteiger charge is 2.27. The molecule has 0 radical (unpaired) electrons. The molecule has 14 nitrogen and oxygen atoms in total. The van der Waals surface area contributed by atoms with E-state index in [1.165, 1.54) is 4.57 Å². The third-order valence-corrected chi connectivity index (χ3v) is 5.86. The van der Waals surface area contributed by atoms with Gasteiger partial charge in [0.1, 0.15) is 24.4 Å². The highest BCUT2D eigenvalue weighted by Crippen LogP contribution is 2.24. The molecule has 1 aromatic rings. The number of aliphatic hydroxyl groups excluding tert-OH is 4. The van der Waals surface area contributed by atoms with Crippen molar-refractivity contribution in [3.8, 4) is 11.5 Å². The highest BCUT2D eigenvalue weighted by atomic mass is 16.4. The first-order chi connectivity index (χ1) is 17.4. The molecule has 0 saturated heterocycles. The summed E-state index contributed by atoms with van der Waals surface area (Å²) < 4.78 is 1.40. The third kappa shape index (κ3) is 7.61. The van der Waals surface area contributed by atoms with Gasteiger partial charge in [-0.05, 0) is 56.5 Å². The molecule has 3 rings (SSSR count). The second-order valence-corrected chi connectivity index (χ2v) is 8.73. The number of hydrogen-bond donors (Lipinski definition) is 8. The molecular formula is C23H34N6O8. The summed E-state index contributed by atoms with van der Waals surface area (Å²) in [5, 5.41) is 47.1. The van der Waals surface area contributed by atoms with Gasteiger partial charge in [0.15, 0.2) is 11.5 Å². The average molecular weight is 523 g/mol. The largest absolute Gasteiger partial charge is 0.480 e. The minimum absolute atomic E-state index is 0.0516. The number of fused-ring (bicyclic) bond motifs is 2. The van der Waals surface area contributed by atoms with Gasteiger partial charge in [0.25, 0.3) is 5.56 Å². The maximum Gasteiger partial charge on any atom is 0.349 e. The number of hydrogen-bond acceptors (Lipinski definition) is 11. The second kappa shape index (κ2) is 13.3. The van der Waals surface area contributed by atoms with Crippen molar-refractivity contribution in [2.75, 3.05) is 13.2 Å². The number of nitrogens with one attached hydrogen (secondary N) is 1. The Bertz CT molecular complexity index is 1290. The van der Waals surface area contributed by atoms with Crippen molar-refractivity contribution in [2.24, 2.45) is 11.5 Å². The van der Waals surface area contributed by atoms with E-state index in [1.54, 1.807) is 12.1 Å². The molecule has 0 saturated carbocycles. The molecule has 0 aromatic heterocycles. The summed E-state index contributed by atoms with van der Waals surface area (Å²) in [5.41, 5.74) is 11.5. The molecule has 1 unspecified atom stereocenters. The lowest BCUT2D eigenvalue weighted by atomic mass is 10.1. The first-order valence-electron chi connectivity index (χ1n) is 11.7. The van der Waals surface area contributed by atoms with Crippen LogP contribution in [0.15, 0.2) is 21.7 Å². The number of carboxylic acid groups (broad SMARTS) is 1. The van der Waals surface area contributed by atoms with Crippen LogP contribution in [0, 0.1) is 13.8 Å². The fraction of sp³-hybridized carbons (Fsp3) is 0.522. The molecule has 2 heterocycles. The maximum absolute atomic E-state index is 12.2. The Labute approximate surface area is 211 Å². The van der Waals surface area contributed by atoms with Gasteiger partial charge in [-0.1, -0.05) is 6.42 Å². The molecule has 0 spiro atoms. The highest BCUT2D eigenvalue weighted by molar-refractivity contribution is 5.81. The van der Waals surface area contributed by atoms with Crippen molar-refractivity contribution in [1.29, 1.82) is 0 Å². The van der Waals surface area contributed by atoms with E-state index in [0.29, 0.717) is 24.0 Å². The summed E-state index contributed by atoms with van der Waals surface area (Å²) in [6.45, 7) is 3.33. The molecule has 14 heteroatoms. The van der Waals surface area contributed by atoms with Gasteiger partial charge in [0.2, 0.25) is 0 Å². The summed E-state index contributed by atoms with van der Waals surface area (Å²) in [5.74, 6) is -0.985. The number of benzene rings is 1. The van der Waals surface area contributed by atoms with E-state index < -0.39 is 48.2 Å². The predicted octanol–water partition coefficient (Wildman–Crippen LogP) is -2.20. The molecule has 0 aliphatic carbocycles. The number of nitrogens with two attached hydrogens (primary N) is 2. The van der Waals surface area contributed by atoms with Gasteiger partial charge < -0.3 is 41.6 Å². The van der Waals surface area contributed by atoms with Crippen LogP contribution in [0.3, 0.4) is 0 Å². The molecule has 4 atom stereocenters. The molecule has 204 valence electrons. The molecule has 2 aliphatic rings. The summed E-state index contributed by atoms with van der Waals surface area (Å²) in [4.78, 5) is 44.1. The number of unbranched alkanes of at least 4 members (excludes halogenated alkanes) is 1. The SMILES string of the molecule is Cc1cc2nc3c(=O)[nH]c(=O)nc-3n(C[C@H](O)[C@H](O)[C@H](O)CO)c2cc1C.NCCCCC(N)C(=O)O. The fourth-order valence-electron chi connectivity index (χ4n) is 3.53. The van der Waals surface area contributed by atoms with Crippen LogP contribution >= 0.6 is 0 Å². The van der Waals surface area contributed by atoms with E-state index >= 15 is 0 Å². The van der Waals surface area contributed by atoms with Gasteiger partial charge >= 0.3 is 11.7 Å². The Morgan fingerprint density at radius 2 is 1.73 bits per heavy atom. The van der Waals surface area contributed by atoms with Crippen LogP contribution in [-0.2, 0) is 11.3 Å². The van der Waals surface area contributed by atoms with Crippen LogP contribution in [-0.4, -0.2) is 88.5 Å². The number of aryl methyl sites for hydroxylation is 2. The Balaban J connectivity index is 0.000000410.